The van der Waals surface area contributed by atoms with Crippen molar-refractivity contribution >= 4 is 0 Å². The molecule has 0 aliphatic carbocycles. The van der Waals surface area contributed by atoms with Crippen molar-refractivity contribution in [2.24, 2.45) is 7.05 Å². The molecule has 1 atom stereocenters. The van der Waals surface area contributed by atoms with Gasteiger partial charge in [-0.05, 0) is 21.0 Å². The van der Waals surface area contributed by atoms with Crippen LogP contribution in [0.3, 0.4) is 0 Å². The molecule has 1 aromatic heterocycles. The first-order chi connectivity index (χ1) is 5.11. The van der Waals surface area contributed by atoms with Crippen LogP contribution in [0.15, 0.2) is 18.7 Å². The lowest BCUT2D eigenvalue weighted by atomic mass is 10.5. The molecular weight excluding hydrogens is 138 g/mol. The predicted octanol–water partition coefficient (Wildman–Crippen LogP) is 0.393. The van der Waals surface area contributed by atoms with Crippen LogP contribution in [0.5, 0.6) is 0 Å². The Hall–Kier alpha value is -0.830. The molecule has 62 valence electrons. The molecule has 0 fully saturated rings. The van der Waals surface area contributed by atoms with Gasteiger partial charge in [-0.15, -0.1) is 0 Å². The lowest BCUT2D eigenvalue weighted by molar-refractivity contribution is -0.671. The Bertz CT molecular complexity index is 227. The summed E-state index contributed by atoms with van der Waals surface area (Å²) in [6.07, 6.45) is 6.62. The standard InChI is InChI=1S/C8H16N3/c1-8(9(2)3)11-6-5-10(4)7-11/h5-8H,1-4H3/q+1. The van der Waals surface area contributed by atoms with Crippen LogP contribution >= 0.6 is 0 Å². The van der Waals surface area contributed by atoms with E-state index in [9.17, 15) is 0 Å². The van der Waals surface area contributed by atoms with Crippen LogP contribution in [0.1, 0.15) is 13.1 Å². The minimum Gasteiger partial charge on any atom is -0.271 e. The van der Waals surface area contributed by atoms with Crippen molar-refractivity contribution in [2.45, 2.75) is 13.1 Å². The second-order valence-corrected chi connectivity index (χ2v) is 3.12. The summed E-state index contributed by atoms with van der Waals surface area (Å²) in [6.45, 7) is 2.17. The first kappa shape index (κ1) is 8.27. The summed E-state index contributed by atoms with van der Waals surface area (Å²) >= 11 is 0. The molecular formula is C8H16N3+. The van der Waals surface area contributed by atoms with E-state index in [2.05, 4.69) is 43.0 Å². The predicted molar refractivity (Wildman–Crippen MR) is 44.0 cm³/mol. The van der Waals surface area contributed by atoms with Gasteiger partial charge < -0.3 is 0 Å². The van der Waals surface area contributed by atoms with Crippen molar-refractivity contribution in [1.29, 1.82) is 0 Å². The summed E-state index contributed by atoms with van der Waals surface area (Å²) in [7, 11) is 6.17. The molecule has 0 aliphatic heterocycles. The van der Waals surface area contributed by atoms with Crippen molar-refractivity contribution in [3.8, 4) is 0 Å². The largest absolute Gasteiger partial charge is 0.271 e. The van der Waals surface area contributed by atoms with Gasteiger partial charge in [0.15, 0.2) is 6.17 Å². The normalized spacial score (nSPS) is 13.9. The van der Waals surface area contributed by atoms with Crippen LogP contribution in [0.25, 0.3) is 0 Å². The number of nitrogens with zero attached hydrogens (tertiary/aromatic N) is 3. The van der Waals surface area contributed by atoms with Gasteiger partial charge in [0.25, 0.3) is 0 Å². The smallest absolute Gasteiger partial charge is 0.244 e. The number of aryl methyl sites for hydroxylation is 1. The molecule has 1 rings (SSSR count). The Morgan fingerprint density at radius 2 is 2.09 bits per heavy atom. The molecule has 3 nitrogen and oxygen atoms in total. The third-order valence-electron chi connectivity index (χ3n) is 1.97. The van der Waals surface area contributed by atoms with Gasteiger partial charge in [0, 0.05) is 0 Å². The van der Waals surface area contributed by atoms with Crippen LogP contribution in [0.4, 0.5) is 0 Å². The van der Waals surface area contributed by atoms with Crippen LogP contribution in [-0.2, 0) is 7.05 Å². The van der Waals surface area contributed by atoms with E-state index in [1.807, 2.05) is 17.8 Å². The molecule has 0 bridgehead atoms. The van der Waals surface area contributed by atoms with Crippen molar-refractivity contribution < 1.29 is 4.57 Å². The molecule has 0 N–H and O–H groups in total. The molecule has 0 saturated heterocycles. The highest BCUT2D eigenvalue weighted by atomic mass is 15.3. The second-order valence-electron chi connectivity index (χ2n) is 3.12. The molecule has 11 heavy (non-hydrogen) atoms. The molecule has 0 radical (unpaired) electrons. The monoisotopic (exact) mass is 154 g/mol. The SMILES string of the molecule is CC(N(C)C)n1cc[n+](C)c1. The van der Waals surface area contributed by atoms with Gasteiger partial charge in [-0.3, -0.25) is 4.90 Å². The molecule has 0 amide bonds. The Morgan fingerprint density at radius 1 is 1.45 bits per heavy atom. The first-order valence-electron chi connectivity index (χ1n) is 3.80. The summed E-state index contributed by atoms with van der Waals surface area (Å²) < 4.78 is 4.21. The molecule has 3 heteroatoms. The zero-order valence-corrected chi connectivity index (χ0v) is 7.65. The maximum atomic E-state index is 2.17. The highest BCUT2D eigenvalue weighted by Crippen LogP contribution is 2.04. The number of rotatable bonds is 2. The van der Waals surface area contributed by atoms with E-state index in [-0.39, 0.29) is 0 Å². The molecule has 0 aromatic carbocycles. The van der Waals surface area contributed by atoms with Crippen LogP contribution < -0.4 is 4.57 Å². The van der Waals surface area contributed by atoms with Gasteiger partial charge in [0.05, 0.1) is 7.05 Å². The maximum Gasteiger partial charge on any atom is 0.244 e. The second kappa shape index (κ2) is 3.05. The molecule has 1 aromatic rings. The maximum absolute atomic E-state index is 2.17. The van der Waals surface area contributed by atoms with E-state index < -0.39 is 0 Å². The molecule has 0 aliphatic rings. The lowest BCUT2D eigenvalue weighted by Crippen LogP contribution is -2.27. The highest BCUT2D eigenvalue weighted by molar-refractivity contribution is 4.70. The summed E-state index contributed by atoms with van der Waals surface area (Å²) in [5, 5.41) is 0. The number of hydrogen-bond acceptors (Lipinski definition) is 1. The highest BCUT2D eigenvalue weighted by Gasteiger charge is 2.11. The van der Waals surface area contributed by atoms with Gasteiger partial charge in [-0.1, -0.05) is 0 Å². The summed E-state index contributed by atoms with van der Waals surface area (Å²) in [4.78, 5) is 2.17. The quantitative estimate of drug-likeness (QED) is 0.561. The van der Waals surface area contributed by atoms with Gasteiger partial charge in [-0.25, -0.2) is 9.13 Å². The summed E-state index contributed by atoms with van der Waals surface area (Å²) in [6, 6.07) is 0. The Kier molecular flexibility index (Phi) is 2.29. The van der Waals surface area contributed by atoms with E-state index in [1.165, 1.54) is 0 Å². The summed E-state index contributed by atoms with van der Waals surface area (Å²) in [5.41, 5.74) is 0. The van der Waals surface area contributed by atoms with E-state index in [1.54, 1.807) is 0 Å². The summed E-state index contributed by atoms with van der Waals surface area (Å²) in [5.74, 6) is 0. The fourth-order valence-electron chi connectivity index (χ4n) is 0.957. The van der Waals surface area contributed by atoms with Crippen molar-refractivity contribution in [3.05, 3.63) is 18.7 Å². The van der Waals surface area contributed by atoms with E-state index in [4.69, 9.17) is 0 Å². The van der Waals surface area contributed by atoms with Crippen molar-refractivity contribution in [1.82, 2.24) is 9.47 Å². The third-order valence-corrected chi connectivity index (χ3v) is 1.97. The van der Waals surface area contributed by atoms with Crippen LogP contribution in [0, 0.1) is 0 Å². The van der Waals surface area contributed by atoms with Crippen LogP contribution in [0.2, 0.25) is 0 Å². The Balaban J connectivity index is 2.76. The van der Waals surface area contributed by atoms with Gasteiger partial charge in [0.2, 0.25) is 6.33 Å². The molecule has 1 heterocycles. The number of aromatic nitrogens is 2. The van der Waals surface area contributed by atoms with Gasteiger partial charge in [0.1, 0.15) is 12.4 Å². The minimum atomic E-state index is 0.427. The van der Waals surface area contributed by atoms with Crippen molar-refractivity contribution in [2.75, 3.05) is 14.1 Å². The fourth-order valence-corrected chi connectivity index (χ4v) is 0.957. The van der Waals surface area contributed by atoms with Crippen molar-refractivity contribution in [3.63, 3.8) is 0 Å². The van der Waals surface area contributed by atoms with E-state index in [0.29, 0.717) is 6.17 Å². The number of hydrogen-bond donors (Lipinski definition) is 0. The average Bonchev–Trinajstić information content (AvgIpc) is 2.34. The third kappa shape index (κ3) is 1.80. The van der Waals surface area contributed by atoms with E-state index in [0.717, 1.165) is 0 Å². The minimum absolute atomic E-state index is 0.427. The zero-order chi connectivity index (χ0) is 8.43. The van der Waals surface area contributed by atoms with Gasteiger partial charge in [-0.2, -0.15) is 0 Å². The van der Waals surface area contributed by atoms with E-state index >= 15 is 0 Å². The fraction of sp³-hybridized carbons (Fsp3) is 0.625. The molecule has 1 unspecified atom stereocenters. The van der Waals surface area contributed by atoms with Crippen LogP contribution in [-0.4, -0.2) is 23.6 Å². The first-order valence-corrected chi connectivity index (χ1v) is 3.80. The molecule has 0 spiro atoms. The Labute approximate surface area is 67.9 Å². The lowest BCUT2D eigenvalue weighted by Gasteiger charge is -2.15. The average molecular weight is 154 g/mol. The molecule has 0 saturated carbocycles. The number of imidazole rings is 1. The van der Waals surface area contributed by atoms with Gasteiger partial charge >= 0.3 is 0 Å². The zero-order valence-electron chi connectivity index (χ0n) is 7.65. The Morgan fingerprint density at radius 3 is 2.45 bits per heavy atom. The topological polar surface area (TPSA) is 12.1 Å².